The van der Waals surface area contributed by atoms with Crippen molar-refractivity contribution in [1.29, 1.82) is 0 Å². The summed E-state index contributed by atoms with van der Waals surface area (Å²) in [7, 11) is 0. The molecule has 0 saturated carbocycles. The Labute approximate surface area is 149 Å². The number of alkyl halides is 1. The Morgan fingerprint density at radius 2 is 1.83 bits per heavy atom. The highest BCUT2D eigenvalue weighted by molar-refractivity contribution is 9.09. The molecule has 0 N–H and O–H groups in total. The van der Waals surface area contributed by atoms with Gasteiger partial charge in [0.05, 0.1) is 12.9 Å². The van der Waals surface area contributed by atoms with Gasteiger partial charge >= 0.3 is 0 Å². The molecule has 3 rings (SSSR count). The van der Waals surface area contributed by atoms with Crippen molar-refractivity contribution in [2.45, 2.75) is 19.3 Å². The minimum Gasteiger partial charge on any atom is -0.493 e. The fraction of sp³-hybridized carbons (Fsp3) is 0.263. The lowest BCUT2D eigenvalue weighted by molar-refractivity contribution is 0.306. The van der Waals surface area contributed by atoms with E-state index in [0.717, 1.165) is 51.2 Å². The van der Waals surface area contributed by atoms with Crippen molar-refractivity contribution < 1.29 is 9.15 Å². The van der Waals surface area contributed by atoms with Gasteiger partial charge in [0.15, 0.2) is 0 Å². The fourth-order valence-electron chi connectivity index (χ4n) is 2.51. The van der Waals surface area contributed by atoms with Gasteiger partial charge in [0.1, 0.15) is 11.3 Å². The highest BCUT2D eigenvalue weighted by Gasteiger charge is 2.09. The van der Waals surface area contributed by atoms with E-state index < -0.39 is 0 Å². The molecule has 0 aliphatic carbocycles. The van der Waals surface area contributed by atoms with E-state index in [9.17, 15) is 0 Å². The van der Waals surface area contributed by atoms with Gasteiger partial charge in [-0.2, -0.15) is 0 Å². The van der Waals surface area contributed by atoms with Gasteiger partial charge in [-0.05, 0) is 49.1 Å². The van der Waals surface area contributed by atoms with Crippen molar-refractivity contribution in [2.75, 3.05) is 11.9 Å². The van der Waals surface area contributed by atoms with Gasteiger partial charge in [-0.25, -0.2) is 0 Å². The minimum absolute atomic E-state index is 0.733. The number of ether oxygens (including phenoxy) is 1. The molecule has 2 nitrogen and oxygen atoms in total. The van der Waals surface area contributed by atoms with Crippen molar-refractivity contribution in [1.82, 2.24) is 0 Å². The molecule has 23 heavy (non-hydrogen) atoms. The van der Waals surface area contributed by atoms with Crippen LogP contribution in [0.15, 0.2) is 53.1 Å². The zero-order chi connectivity index (χ0) is 16.1. The molecule has 0 fully saturated rings. The smallest absolute Gasteiger partial charge is 0.138 e. The molecule has 120 valence electrons. The Bertz CT molecular complexity index is 765. The van der Waals surface area contributed by atoms with Crippen LogP contribution in [-0.4, -0.2) is 11.9 Å². The first-order valence-electron chi connectivity index (χ1n) is 7.74. The first kappa shape index (κ1) is 16.4. The Balaban J connectivity index is 1.73. The summed E-state index contributed by atoms with van der Waals surface area (Å²) in [4.78, 5) is 0. The van der Waals surface area contributed by atoms with E-state index in [2.05, 4.69) is 22.0 Å². The van der Waals surface area contributed by atoms with E-state index in [1.165, 1.54) is 12.8 Å². The number of benzene rings is 2. The normalized spacial score (nSPS) is 11.0. The summed E-state index contributed by atoms with van der Waals surface area (Å²) in [6.07, 6.45) is 5.21. The maximum absolute atomic E-state index is 5.95. The van der Waals surface area contributed by atoms with E-state index in [4.69, 9.17) is 20.8 Å². The van der Waals surface area contributed by atoms with Crippen LogP contribution in [0.1, 0.15) is 19.3 Å². The number of rotatable bonds is 7. The van der Waals surface area contributed by atoms with Crippen LogP contribution in [0, 0.1) is 0 Å². The van der Waals surface area contributed by atoms with Crippen LogP contribution in [0.5, 0.6) is 5.75 Å². The average molecular weight is 394 g/mol. The Morgan fingerprint density at radius 1 is 1.00 bits per heavy atom. The zero-order valence-electron chi connectivity index (χ0n) is 12.7. The van der Waals surface area contributed by atoms with E-state index in [-0.39, 0.29) is 0 Å². The van der Waals surface area contributed by atoms with Crippen LogP contribution in [-0.2, 0) is 0 Å². The van der Waals surface area contributed by atoms with E-state index >= 15 is 0 Å². The highest BCUT2D eigenvalue weighted by atomic mass is 79.9. The molecular formula is C19H18BrClO2. The van der Waals surface area contributed by atoms with Gasteiger partial charge in [-0.1, -0.05) is 39.7 Å². The second kappa shape index (κ2) is 7.89. The predicted octanol–water partition coefficient (Wildman–Crippen LogP) is 6.70. The Hall–Kier alpha value is -1.45. The standard InChI is InChI=1S/C19H18BrClO2/c20-10-2-1-3-11-22-16-8-9-17-18(13-23-19(17)12-16)14-4-6-15(21)7-5-14/h4-9,12-13H,1-3,10-11H2. The maximum Gasteiger partial charge on any atom is 0.138 e. The molecule has 0 aliphatic heterocycles. The molecule has 2 aromatic carbocycles. The highest BCUT2D eigenvalue weighted by Crippen LogP contribution is 2.33. The van der Waals surface area contributed by atoms with Crippen molar-refractivity contribution in [2.24, 2.45) is 0 Å². The summed E-state index contributed by atoms with van der Waals surface area (Å²) in [5.74, 6) is 0.855. The molecule has 4 heteroatoms. The first-order chi connectivity index (χ1) is 11.3. The quantitative estimate of drug-likeness (QED) is 0.329. The molecule has 0 saturated heterocycles. The molecule has 0 aliphatic rings. The summed E-state index contributed by atoms with van der Waals surface area (Å²) < 4.78 is 11.5. The lowest BCUT2D eigenvalue weighted by Gasteiger charge is -2.06. The van der Waals surface area contributed by atoms with E-state index in [0.29, 0.717) is 0 Å². The maximum atomic E-state index is 5.95. The molecule has 1 aromatic heterocycles. The van der Waals surface area contributed by atoms with Crippen LogP contribution < -0.4 is 4.74 Å². The van der Waals surface area contributed by atoms with Gasteiger partial charge < -0.3 is 9.15 Å². The fourth-order valence-corrected chi connectivity index (χ4v) is 3.04. The van der Waals surface area contributed by atoms with E-state index in [1.54, 1.807) is 6.26 Å². The lowest BCUT2D eigenvalue weighted by atomic mass is 10.0. The van der Waals surface area contributed by atoms with E-state index in [1.807, 2.05) is 36.4 Å². The first-order valence-corrected chi connectivity index (χ1v) is 9.24. The molecule has 0 unspecified atom stereocenters. The molecule has 1 heterocycles. The predicted molar refractivity (Wildman–Crippen MR) is 99.8 cm³/mol. The molecular weight excluding hydrogens is 376 g/mol. The molecule has 0 spiro atoms. The van der Waals surface area contributed by atoms with Crippen molar-refractivity contribution in [3.05, 3.63) is 53.8 Å². The summed E-state index contributed by atoms with van der Waals surface area (Å²) in [5.41, 5.74) is 3.00. The summed E-state index contributed by atoms with van der Waals surface area (Å²) in [6.45, 7) is 0.739. The topological polar surface area (TPSA) is 22.4 Å². The average Bonchev–Trinajstić information content (AvgIpc) is 2.98. The van der Waals surface area contributed by atoms with Gasteiger partial charge in [-0.15, -0.1) is 0 Å². The number of hydrogen-bond acceptors (Lipinski definition) is 2. The Kier molecular flexibility index (Phi) is 5.63. The van der Waals surface area contributed by atoms with Crippen molar-refractivity contribution in [3.63, 3.8) is 0 Å². The third-order valence-electron chi connectivity index (χ3n) is 3.75. The molecule has 0 radical (unpaired) electrons. The SMILES string of the molecule is Clc1ccc(-c2coc3cc(OCCCCCBr)ccc23)cc1. The minimum atomic E-state index is 0.733. The summed E-state index contributed by atoms with van der Waals surface area (Å²) >= 11 is 9.39. The van der Waals surface area contributed by atoms with Crippen LogP contribution in [0.2, 0.25) is 5.02 Å². The number of unbranched alkanes of at least 4 members (excludes halogenated alkanes) is 2. The molecule has 0 atom stereocenters. The van der Waals surface area contributed by atoms with Crippen molar-refractivity contribution in [3.8, 4) is 16.9 Å². The largest absolute Gasteiger partial charge is 0.493 e. The molecule has 0 amide bonds. The third-order valence-corrected chi connectivity index (χ3v) is 4.56. The Morgan fingerprint density at radius 3 is 2.61 bits per heavy atom. The second-order valence-electron chi connectivity index (χ2n) is 5.41. The van der Waals surface area contributed by atoms with Gasteiger partial charge in [-0.3, -0.25) is 0 Å². The van der Waals surface area contributed by atoms with Crippen LogP contribution in [0.3, 0.4) is 0 Å². The second-order valence-corrected chi connectivity index (χ2v) is 6.64. The number of furan rings is 1. The third kappa shape index (κ3) is 4.10. The van der Waals surface area contributed by atoms with Crippen LogP contribution >= 0.6 is 27.5 Å². The van der Waals surface area contributed by atoms with Gasteiger partial charge in [0.25, 0.3) is 0 Å². The van der Waals surface area contributed by atoms with Crippen molar-refractivity contribution >= 4 is 38.5 Å². The summed E-state index contributed by atoms with van der Waals surface area (Å²) in [5, 5.41) is 2.87. The number of hydrogen-bond donors (Lipinski definition) is 0. The van der Waals surface area contributed by atoms with Gasteiger partial charge in [0, 0.05) is 27.4 Å². The molecule has 0 bridgehead atoms. The lowest BCUT2D eigenvalue weighted by Crippen LogP contribution is -1.97. The van der Waals surface area contributed by atoms with Crippen LogP contribution in [0.4, 0.5) is 0 Å². The monoisotopic (exact) mass is 392 g/mol. The summed E-state index contributed by atoms with van der Waals surface area (Å²) in [6, 6.07) is 13.8. The zero-order valence-corrected chi connectivity index (χ0v) is 15.1. The number of halogens is 2. The van der Waals surface area contributed by atoms with Crippen LogP contribution in [0.25, 0.3) is 22.1 Å². The van der Waals surface area contributed by atoms with Gasteiger partial charge in [0.2, 0.25) is 0 Å². The molecule has 3 aromatic rings. The number of fused-ring (bicyclic) bond motifs is 1.